The van der Waals surface area contributed by atoms with E-state index in [0.717, 1.165) is 0 Å². The monoisotopic (exact) mass is 317 g/mol. The zero-order valence-corrected chi connectivity index (χ0v) is 13.1. The molecule has 0 unspecified atom stereocenters. The highest BCUT2D eigenvalue weighted by atomic mass is 35.5. The summed E-state index contributed by atoms with van der Waals surface area (Å²) in [7, 11) is 3.23. The summed E-state index contributed by atoms with van der Waals surface area (Å²) < 4.78 is 5.41. The average molecular weight is 318 g/mol. The number of halogens is 1. The van der Waals surface area contributed by atoms with Crippen molar-refractivity contribution in [1.29, 1.82) is 0 Å². The van der Waals surface area contributed by atoms with E-state index in [4.69, 9.17) is 16.3 Å². The van der Waals surface area contributed by atoms with Crippen LogP contribution in [0.2, 0.25) is 5.02 Å². The first-order valence-electron chi connectivity index (χ1n) is 6.72. The quantitative estimate of drug-likeness (QED) is 0.813. The van der Waals surface area contributed by atoms with Gasteiger partial charge in [-0.1, -0.05) is 54.1 Å². The summed E-state index contributed by atoms with van der Waals surface area (Å²) in [6, 6.07) is 15.5. The van der Waals surface area contributed by atoms with E-state index in [1.165, 1.54) is 4.90 Å². The van der Waals surface area contributed by atoms with Gasteiger partial charge in [-0.3, -0.25) is 4.79 Å². The number of carbonyl (C=O) groups excluding carboxylic acids is 2. The highest BCUT2D eigenvalue weighted by molar-refractivity contribution is 6.33. The number of hydrogen-bond acceptors (Lipinski definition) is 3. The van der Waals surface area contributed by atoms with Gasteiger partial charge in [0, 0.05) is 19.7 Å². The Morgan fingerprint density at radius 2 is 1.59 bits per heavy atom. The third-order valence-corrected chi connectivity index (χ3v) is 3.42. The summed E-state index contributed by atoms with van der Waals surface area (Å²) in [5, 5.41) is 0.289. The molecule has 1 amide bonds. The smallest absolute Gasteiger partial charge is 0.340 e. The van der Waals surface area contributed by atoms with Crippen LogP contribution in [0.25, 0.3) is 0 Å². The molecule has 114 valence electrons. The predicted molar refractivity (Wildman–Crippen MR) is 84.7 cm³/mol. The molecule has 2 aromatic carbocycles. The van der Waals surface area contributed by atoms with Crippen molar-refractivity contribution in [3.8, 4) is 0 Å². The maximum absolute atomic E-state index is 12.3. The third kappa shape index (κ3) is 3.65. The van der Waals surface area contributed by atoms with Gasteiger partial charge in [0.1, 0.15) is 0 Å². The van der Waals surface area contributed by atoms with Crippen LogP contribution in [0.15, 0.2) is 54.6 Å². The number of rotatable bonds is 4. The minimum absolute atomic E-state index is 0.233. The van der Waals surface area contributed by atoms with Crippen LogP contribution in [0.4, 0.5) is 0 Å². The van der Waals surface area contributed by atoms with E-state index in [2.05, 4.69) is 0 Å². The molecule has 0 saturated carbocycles. The molecule has 0 saturated heterocycles. The molecule has 2 rings (SSSR count). The van der Waals surface area contributed by atoms with Gasteiger partial charge < -0.3 is 9.64 Å². The minimum atomic E-state index is -1.00. The van der Waals surface area contributed by atoms with Gasteiger partial charge in [0.2, 0.25) is 6.10 Å². The number of nitrogens with zero attached hydrogens (tertiary/aromatic N) is 1. The van der Waals surface area contributed by atoms with Gasteiger partial charge in [0.15, 0.2) is 0 Å². The number of amides is 1. The van der Waals surface area contributed by atoms with Crippen molar-refractivity contribution in [2.24, 2.45) is 0 Å². The largest absolute Gasteiger partial charge is 0.444 e. The molecule has 0 aliphatic rings. The first-order chi connectivity index (χ1) is 10.5. The summed E-state index contributed by atoms with van der Waals surface area (Å²) in [6.45, 7) is 0. The summed E-state index contributed by atoms with van der Waals surface area (Å²) in [4.78, 5) is 26.0. The molecule has 0 radical (unpaired) electrons. The summed E-state index contributed by atoms with van der Waals surface area (Å²) in [5.41, 5.74) is 0.846. The Balaban J connectivity index is 2.29. The fraction of sp³-hybridized carbons (Fsp3) is 0.176. The molecule has 0 N–H and O–H groups in total. The van der Waals surface area contributed by atoms with Gasteiger partial charge in [0.05, 0.1) is 10.6 Å². The molecule has 0 aliphatic heterocycles. The first kappa shape index (κ1) is 16.0. The van der Waals surface area contributed by atoms with E-state index in [1.807, 2.05) is 6.07 Å². The highest BCUT2D eigenvalue weighted by Gasteiger charge is 2.27. The second-order valence-electron chi connectivity index (χ2n) is 4.91. The Hall–Kier alpha value is -2.33. The van der Waals surface area contributed by atoms with Gasteiger partial charge in [-0.25, -0.2) is 4.79 Å². The van der Waals surface area contributed by atoms with Crippen LogP contribution in [-0.4, -0.2) is 30.9 Å². The highest BCUT2D eigenvalue weighted by Crippen LogP contribution is 2.23. The Morgan fingerprint density at radius 3 is 2.18 bits per heavy atom. The Bertz CT molecular complexity index is 671. The Morgan fingerprint density at radius 1 is 1.00 bits per heavy atom. The molecular weight excluding hydrogens is 302 g/mol. The lowest BCUT2D eigenvalue weighted by molar-refractivity contribution is -0.138. The van der Waals surface area contributed by atoms with Gasteiger partial charge in [-0.2, -0.15) is 0 Å². The van der Waals surface area contributed by atoms with E-state index < -0.39 is 12.1 Å². The van der Waals surface area contributed by atoms with Crippen molar-refractivity contribution in [3.63, 3.8) is 0 Å². The van der Waals surface area contributed by atoms with Crippen LogP contribution in [0.5, 0.6) is 0 Å². The Labute approximate surface area is 134 Å². The lowest BCUT2D eigenvalue weighted by Crippen LogP contribution is -2.31. The number of ether oxygens (including phenoxy) is 1. The van der Waals surface area contributed by atoms with Crippen LogP contribution in [0, 0.1) is 0 Å². The van der Waals surface area contributed by atoms with Gasteiger partial charge >= 0.3 is 5.97 Å². The number of carbonyl (C=O) groups is 2. The van der Waals surface area contributed by atoms with Crippen molar-refractivity contribution in [2.45, 2.75) is 6.10 Å². The molecule has 0 bridgehead atoms. The number of hydrogen-bond donors (Lipinski definition) is 0. The van der Waals surface area contributed by atoms with Crippen molar-refractivity contribution in [1.82, 2.24) is 4.90 Å². The standard InChI is InChI=1S/C17H16ClNO3/c1-19(2)16(20)15(12-8-4-3-5-9-12)22-17(21)13-10-6-7-11-14(13)18/h3-11,15H,1-2H3/t15-/m0/s1. The predicted octanol–water partition coefficient (Wildman–Crippen LogP) is 3.33. The van der Waals surface area contributed by atoms with Crippen LogP contribution in [0.1, 0.15) is 22.0 Å². The van der Waals surface area contributed by atoms with Gasteiger partial charge in [-0.05, 0) is 12.1 Å². The van der Waals surface area contributed by atoms with E-state index in [0.29, 0.717) is 5.56 Å². The molecule has 0 spiro atoms. The van der Waals surface area contributed by atoms with Crippen molar-refractivity contribution in [2.75, 3.05) is 14.1 Å². The number of likely N-dealkylation sites (N-methyl/N-ethyl adjacent to an activating group) is 1. The normalized spacial score (nSPS) is 11.6. The molecule has 22 heavy (non-hydrogen) atoms. The maximum atomic E-state index is 12.3. The molecule has 5 heteroatoms. The van der Waals surface area contributed by atoms with E-state index in [9.17, 15) is 9.59 Å². The molecule has 1 atom stereocenters. The molecular formula is C17H16ClNO3. The summed E-state index contributed by atoms with van der Waals surface area (Å²) in [6.07, 6.45) is -1.00. The van der Waals surface area contributed by atoms with Crippen LogP contribution >= 0.6 is 11.6 Å². The Kier molecular flexibility index (Phi) is 5.17. The average Bonchev–Trinajstić information content (AvgIpc) is 2.53. The maximum Gasteiger partial charge on any atom is 0.340 e. The van der Waals surface area contributed by atoms with Crippen LogP contribution in [0.3, 0.4) is 0 Å². The van der Waals surface area contributed by atoms with Gasteiger partial charge in [-0.15, -0.1) is 0 Å². The zero-order chi connectivity index (χ0) is 16.1. The molecule has 2 aromatic rings. The lowest BCUT2D eigenvalue weighted by Gasteiger charge is -2.21. The van der Waals surface area contributed by atoms with Gasteiger partial charge in [0.25, 0.3) is 5.91 Å². The van der Waals surface area contributed by atoms with Crippen molar-refractivity contribution < 1.29 is 14.3 Å². The second-order valence-corrected chi connectivity index (χ2v) is 5.32. The molecule has 0 heterocycles. The third-order valence-electron chi connectivity index (χ3n) is 3.09. The SMILES string of the molecule is CN(C)C(=O)[C@@H](OC(=O)c1ccccc1Cl)c1ccccc1. The summed E-state index contributed by atoms with van der Waals surface area (Å²) in [5.74, 6) is -0.943. The molecule has 4 nitrogen and oxygen atoms in total. The van der Waals surface area contributed by atoms with Crippen molar-refractivity contribution in [3.05, 3.63) is 70.7 Å². The van der Waals surface area contributed by atoms with Crippen LogP contribution < -0.4 is 0 Å². The summed E-state index contributed by atoms with van der Waals surface area (Å²) >= 11 is 5.99. The fourth-order valence-electron chi connectivity index (χ4n) is 1.92. The second kappa shape index (κ2) is 7.09. The topological polar surface area (TPSA) is 46.6 Å². The molecule has 0 fully saturated rings. The first-order valence-corrected chi connectivity index (χ1v) is 7.10. The van der Waals surface area contributed by atoms with Crippen molar-refractivity contribution >= 4 is 23.5 Å². The van der Waals surface area contributed by atoms with Crippen LogP contribution in [-0.2, 0) is 9.53 Å². The number of benzene rings is 2. The number of esters is 1. The van der Waals surface area contributed by atoms with E-state index in [-0.39, 0.29) is 16.5 Å². The molecule has 0 aliphatic carbocycles. The van der Waals surface area contributed by atoms with E-state index in [1.54, 1.807) is 62.6 Å². The van der Waals surface area contributed by atoms with E-state index >= 15 is 0 Å². The fourth-order valence-corrected chi connectivity index (χ4v) is 2.13. The minimum Gasteiger partial charge on any atom is -0.444 e. The zero-order valence-electron chi connectivity index (χ0n) is 12.3. The molecule has 0 aromatic heterocycles. The lowest BCUT2D eigenvalue weighted by atomic mass is 10.1.